The van der Waals surface area contributed by atoms with Crippen molar-refractivity contribution in [3.05, 3.63) is 70.8 Å². The van der Waals surface area contributed by atoms with Crippen molar-refractivity contribution in [2.75, 3.05) is 20.3 Å². The van der Waals surface area contributed by atoms with E-state index in [-0.39, 0.29) is 11.8 Å². The molecular weight excluding hydrogens is 328 g/mol. The molecule has 0 spiro atoms. The fraction of sp³-hybridized carbons (Fsp3) is 0.333. The second-order valence-corrected chi connectivity index (χ2v) is 6.56. The van der Waals surface area contributed by atoms with Gasteiger partial charge in [-0.25, -0.2) is 0 Å². The van der Waals surface area contributed by atoms with Crippen LogP contribution in [0.1, 0.15) is 28.3 Å². The van der Waals surface area contributed by atoms with Gasteiger partial charge >= 0.3 is 0 Å². The Balaban J connectivity index is 1.81. The van der Waals surface area contributed by atoms with E-state index in [1.54, 1.807) is 12.0 Å². The van der Waals surface area contributed by atoms with Gasteiger partial charge in [0, 0.05) is 20.2 Å². The maximum Gasteiger partial charge on any atom is 0.247 e. The number of fused-ring (bicyclic) bond motifs is 1. The van der Waals surface area contributed by atoms with Crippen molar-refractivity contribution in [3.8, 4) is 0 Å². The molecule has 0 aromatic heterocycles. The summed E-state index contributed by atoms with van der Waals surface area (Å²) in [6, 6.07) is 15.1. The van der Waals surface area contributed by atoms with E-state index in [1.165, 1.54) is 5.56 Å². The summed E-state index contributed by atoms with van der Waals surface area (Å²) in [5.41, 5.74) is 4.02. The summed E-state index contributed by atoms with van der Waals surface area (Å²) in [5.74, 6) is -0.210. The lowest BCUT2D eigenvalue weighted by atomic mass is 9.91. The van der Waals surface area contributed by atoms with E-state index in [1.807, 2.05) is 55.5 Å². The highest BCUT2D eigenvalue weighted by Crippen LogP contribution is 2.30. The van der Waals surface area contributed by atoms with Crippen LogP contribution < -0.4 is 5.32 Å². The highest BCUT2D eigenvalue weighted by molar-refractivity contribution is 5.92. The van der Waals surface area contributed by atoms with Gasteiger partial charge < -0.3 is 15.0 Å². The number of rotatable bonds is 6. The van der Waals surface area contributed by atoms with Gasteiger partial charge in [-0.15, -0.1) is 0 Å². The number of amides is 2. The Hall–Kier alpha value is -2.66. The lowest BCUT2D eigenvalue weighted by Crippen LogP contribution is -2.48. The number of nitrogens with zero attached hydrogens (tertiary/aromatic N) is 1. The first-order valence-corrected chi connectivity index (χ1v) is 8.79. The fourth-order valence-electron chi connectivity index (χ4n) is 3.26. The molecule has 1 heterocycles. The first kappa shape index (κ1) is 18.1. The predicted molar refractivity (Wildman–Crippen MR) is 99.5 cm³/mol. The van der Waals surface area contributed by atoms with Crippen LogP contribution in [0.3, 0.4) is 0 Å². The van der Waals surface area contributed by atoms with Crippen molar-refractivity contribution in [1.82, 2.24) is 10.2 Å². The van der Waals surface area contributed by atoms with Crippen LogP contribution in [-0.2, 0) is 27.3 Å². The summed E-state index contributed by atoms with van der Waals surface area (Å²) in [6.45, 7) is 3.26. The largest absolute Gasteiger partial charge is 0.383 e. The average Bonchev–Trinajstić information content (AvgIpc) is 2.65. The molecule has 26 heavy (non-hydrogen) atoms. The molecule has 0 bridgehead atoms. The monoisotopic (exact) mass is 352 g/mol. The molecule has 2 aromatic rings. The summed E-state index contributed by atoms with van der Waals surface area (Å²) in [7, 11) is 1.59. The molecule has 1 atom stereocenters. The molecular formula is C21H24N2O3. The number of carbonyl (C=O) groups excluding carboxylic acids is 2. The second-order valence-electron chi connectivity index (χ2n) is 6.56. The number of carbonyl (C=O) groups is 2. The Morgan fingerprint density at radius 3 is 2.65 bits per heavy atom. The predicted octanol–water partition coefficient (Wildman–Crippen LogP) is 2.38. The molecule has 0 radical (unpaired) electrons. The Labute approximate surface area is 154 Å². The van der Waals surface area contributed by atoms with Gasteiger partial charge in [0.25, 0.3) is 0 Å². The Morgan fingerprint density at radius 2 is 1.92 bits per heavy atom. The Kier molecular flexibility index (Phi) is 5.68. The third-order valence-corrected chi connectivity index (χ3v) is 4.70. The van der Waals surface area contributed by atoms with Gasteiger partial charge in [0.1, 0.15) is 6.04 Å². The van der Waals surface area contributed by atoms with Crippen LogP contribution >= 0.6 is 0 Å². The van der Waals surface area contributed by atoms with Gasteiger partial charge in [-0.3, -0.25) is 9.59 Å². The SMILES string of the molecule is COCCN1C(=O)Cc2ccccc2C1C(=O)NCc1ccc(C)cc1. The Bertz CT molecular complexity index is 786. The van der Waals surface area contributed by atoms with Gasteiger partial charge in [0.05, 0.1) is 13.0 Å². The zero-order valence-electron chi connectivity index (χ0n) is 15.2. The van der Waals surface area contributed by atoms with Gasteiger partial charge in [0.15, 0.2) is 0 Å². The van der Waals surface area contributed by atoms with Crippen LogP contribution in [0.15, 0.2) is 48.5 Å². The van der Waals surface area contributed by atoms with E-state index in [2.05, 4.69) is 5.32 Å². The van der Waals surface area contributed by atoms with Crippen LogP contribution in [0.5, 0.6) is 0 Å². The Morgan fingerprint density at radius 1 is 1.19 bits per heavy atom. The number of aryl methyl sites for hydroxylation is 1. The summed E-state index contributed by atoms with van der Waals surface area (Å²) in [6.07, 6.45) is 0.321. The van der Waals surface area contributed by atoms with E-state index < -0.39 is 6.04 Å². The molecule has 0 saturated heterocycles. The molecule has 0 saturated carbocycles. The maximum absolute atomic E-state index is 13.0. The fourth-order valence-corrected chi connectivity index (χ4v) is 3.26. The highest BCUT2D eigenvalue weighted by atomic mass is 16.5. The van der Waals surface area contributed by atoms with E-state index >= 15 is 0 Å². The number of benzene rings is 2. The molecule has 2 aromatic carbocycles. The van der Waals surface area contributed by atoms with Crippen molar-refractivity contribution in [2.24, 2.45) is 0 Å². The van der Waals surface area contributed by atoms with Crippen molar-refractivity contribution in [3.63, 3.8) is 0 Å². The van der Waals surface area contributed by atoms with Gasteiger partial charge in [-0.05, 0) is 23.6 Å². The first-order chi connectivity index (χ1) is 12.6. The highest BCUT2D eigenvalue weighted by Gasteiger charge is 2.36. The standard InChI is InChI=1S/C21H24N2O3/c1-15-7-9-16(10-8-15)14-22-21(25)20-18-6-4-3-5-17(18)13-19(24)23(20)11-12-26-2/h3-10,20H,11-14H2,1-2H3,(H,22,25). The number of ether oxygens (including phenoxy) is 1. The molecule has 1 aliphatic heterocycles. The molecule has 3 rings (SSSR count). The van der Waals surface area contributed by atoms with Gasteiger partial charge in [-0.2, -0.15) is 0 Å². The van der Waals surface area contributed by atoms with Crippen LogP contribution in [0.4, 0.5) is 0 Å². The molecule has 0 aliphatic carbocycles. The van der Waals surface area contributed by atoms with Crippen LogP contribution in [0.2, 0.25) is 0 Å². The topological polar surface area (TPSA) is 58.6 Å². The van der Waals surface area contributed by atoms with Crippen molar-refractivity contribution >= 4 is 11.8 Å². The van der Waals surface area contributed by atoms with Crippen molar-refractivity contribution in [1.29, 1.82) is 0 Å². The minimum absolute atomic E-state index is 0.0452. The molecule has 5 heteroatoms. The third kappa shape index (κ3) is 3.94. The smallest absolute Gasteiger partial charge is 0.247 e. The number of hydrogen-bond acceptors (Lipinski definition) is 3. The summed E-state index contributed by atoms with van der Waals surface area (Å²) in [5, 5.41) is 2.98. The lowest BCUT2D eigenvalue weighted by Gasteiger charge is -2.36. The molecule has 0 fully saturated rings. The quantitative estimate of drug-likeness (QED) is 0.868. The number of nitrogens with one attached hydrogen (secondary N) is 1. The third-order valence-electron chi connectivity index (χ3n) is 4.70. The summed E-state index contributed by atoms with van der Waals surface area (Å²) >= 11 is 0. The van der Waals surface area contributed by atoms with E-state index in [4.69, 9.17) is 4.74 Å². The van der Waals surface area contributed by atoms with Gasteiger partial charge in [-0.1, -0.05) is 54.1 Å². The maximum atomic E-state index is 13.0. The minimum atomic E-state index is -0.618. The number of hydrogen-bond donors (Lipinski definition) is 1. The van der Waals surface area contributed by atoms with Crippen LogP contribution in [-0.4, -0.2) is 37.0 Å². The minimum Gasteiger partial charge on any atom is -0.383 e. The first-order valence-electron chi connectivity index (χ1n) is 8.79. The summed E-state index contributed by atoms with van der Waals surface area (Å²) < 4.78 is 5.12. The average molecular weight is 352 g/mol. The normalized spacial score (nSPS) is 16.3. The van der Waals surface area contributed by atoms with E-state index in [0.717, 1.165) is 16.7 Å². The van der Waals surface area contributed by atoms with Crippen molar-refractivity contribution in [2.45, 2.75) is 25.9 Å². The van der Waals surface area contributed by atoms with Crippen LogP contribution in [0, 0.1) is 6.92 Å². The lowest BCUT2D eigenvalue weighted by molar-refractivity contribution is -0.142. The molecule has 5 nitrogen and oxygen atoms in total. The summed E-state index contributed by atoms with van der Waals surface area (Å²) in [4.78, 5) is 27.2. The molecule has 136 valence electrons. The molecule has 2 amide bonds. The second kappa shape index (κ2) is 8.15. The molecule has 1 aliphatic rings. The van der Waals surface area contributed by atoms with Crippen molar-refractivity contribution < 1.29 is 14.3 Å². The zero-order chi connectivity index (χ0) is 18.5. The molecule has 1 unspecified atom stereocenters. The van der Waals surface area contributed by atoms with E-state index in [9.17, 15) is 9.59 Å². The zero-order valence-corrected chi connectivity index (χ0v) is 15.2. The van der Waals surface area contributed by atoms with Gasteiger partial charge in [0.2, 0.25) is 11.8 Å². The molecule has 1 N–H and O–H groups in total. The van der Waals surface area contributed by atoms with E-state index in [0.29, 0.717) is 26.1 Å². The number of methoxy groups -OCH3 is 1. The van der Waals surface area contributed by atoms with Crippen LogP contribution in [0.25, 0.3) is 0 Å².